The van der Waals surface area contributed by atoms with Crippen LogP contribution in [-0.2, 0) is 0 Å². The molecule has 3 rings (SSSR count). The van der Waals surface area contributed by atoms with Crippen LogP contribution >= 0.6 is 11.3 Å². The number of rotatable bonds is 5. The van der Waals surface area contributed by atoms with Crippen molar-refractivity contribution in [3.8, 4) is 17.2 Å². The van der Waals surface area contributed by atoms with Gasteiger partial charge in [0.15, 0.2) is 11.5 Å². The van der Waals surface area contributed by atoms with Gasteiger partial charge in [0.05, 0.1) is 31.6 Å². The first-order chi connectivity index (χ1) is 12.5. The molecule has 136 valence electrons. The van der Waals surface area contributed by atoms with Gasteiger partial charge in [0.25, 0.3) is 5.91 Å². The van der Waals surface area contributed by atoms with Crippen LogP contribution in [0, 0.1) is 0 Å². The predicted molar refractivity (Wildman–Crippen MR) is 100 cm³/mol. The highest BCUT2D eigenvalue weighted by Crippen LogP contribution is 2.40. The number of methoxy groups -OCH3 is 3. The number of aromatic nitrogens is 2. The number of anilines is 3. The van der Waals surface area contributed by atoms with Crippen molar-refractivity contribution in [3.05, 3.63) is 23.1 Å². The molecular formula is C16H17N5O4S. The zero-order valence-corrected chi connectivity index (χ0v) is 15.1. The number of nitrogens with zero attached hydrogens (tertiary/aromatic N) is 2. The third-order valence-electron chi connectivity index (χ3n) is 3.59. The SMILES string of the molecule is COc1cc(NC(=O)c2cc3c(N)nc(N)nc3s2)cc(OC)c1OC. The molecule has 0 aliphatic rings. The number of hydrogen-bond donors (Lipinski definition) is 3. The lowest BCUT2D eigenvalue weighted by atomic mass is 10.2. The molecule has 0 radical (unpaired) electrons. The minimum absolute atomic E-state index is 0.0634. The summed E-state index contributed by atoms with van der Waals surface area (Å²) in [7, 11) is 4.51. The molecule has 26 heavy (non-hydrogen) atoms. The van der Waals surface area contributed by atoms with Crippen LogP contribution in [0.2, 0.25) is 0 Å². The second-order valence-electron chi connectivity index (χ2n) is 5.16. The summed E-state index contributed by atoms with van der Waals surface area (Å²) < 4.78 is 15.8. The maximum atomic E-state index is 12.6. The third-order valence-corrected chi connectivity index (χ3v) is 4.61. The molecule has 9 nitrogen and oxygen atoms in total. The molecule has 0 aliphatic heterocycles. The fraction of sp³-hybridized carbons (Fsp3) is 0.188. The van der Waals surface area contributed by atoms with Crippen molar-refractivity contribution in [2.45, 2.75) is 0 Å². The van der Waals surface area contributed by atoms with E-state index in [9.17, 15) is 4.79 Å². The lowest BCUT2D eigenvalue weighted by Crippen LogP contribution is -2.10. The zero-order chi connectivity index (χ0) is 18.8. The van der Waals surface area contributed by atoms with Crippen LogP contribution in [0.15, 0.2) is 18.2 Å². The zero-order valence-electron chi connectivity index (χ0n) is 14.3. The van der Waals surface area contributed by atoms with Gasteiger partial charge in [-0.1, -0.05) is 0 Å². The van der Waals surface area contributed by atoms with Crippen molar-refractivity contribution >= 4 is 44.9 Å². The highest BCUT2D eigenvalue weighted by molar-refractivity contribution is 7.20. The summed E-state index contributed by atoms with van der Waals surface area (Å²) in [5.74, 6) is 1.26. The van der Waals surface area contributed by atoms with E-state index in [0.717, 1.165) is 0 Å². The van der Waals surface area contributed by atoms with Crippen molar-refractivity contribution in [1.29, 1.82) is 0 Å². The number of nitrogens with one attached hydrogen (secondary N) is 1. The number of fused-ring (bicyclic) bond motifs is 1. The molecule has 0 saturated heterocycles. The van der Waals surface area contributed by atoms with E-state index in [1.807, 2.05) is 0 Å². The number of carbonyl (C=O) groups is 1. The standard InChI is InChI=1S/C16H17N5O4S/c1-23-9-4-7(5-10(24-2)12(9)25-3)19-14(22)11-6-8-13(17)20-16(18)21-15(8)26-11/h4-6H,1-3H3,(H,19,22)(H4,17,18,20,21). The summed E-state index contributed by atoms with van der Waals surface area (Å²) in [5.41, 5.74) is 11.9. The minimum atomic E-state index is -0.333. The molecule has 2 heterocycles. The van der Waals surface area contributed by atoms with Crippen LogP contribution in [0.4, 0.5) is 17.5 Å². The second kappa shape index (κ2) is 6.92. The molecule has 3 aromatic rings. The molecule has 5 N–H and O–H groups in total. The first-order valence-electron chi connectivity index (χ1n) is 7.40. The maximum Gasteiger partial charge on any atom is 0.265 e. The van der Waals surface area contributed by atoms with E-state index < -0.39 is 0 Å². The van der Waals surface area contributed by atoms with Gasteiger partial charge in [-0.3, -0.25) is 4.79 Å². The lowest BCUT2D eigenvalue weighted by molar-refractivity contribution is 0.103. The summed E-state index contributed by atoms with van der Waals surface area (Å²) in [6.45, 7) is 0. The van der Waals surface area contributed by atoms with Gasteiger partial charge in [-0.05, 0) is 6.07 Å². The molecule has 10 heteroatoms. The van der Waals surface area contributed by atoms with E-state index in [0.29, 0.717) is 38.0 Å². The molecule has 0 atom stereocenters. The molecule has 0 aliphatic carbocycles. The molecule has 0 bridgehead atoms. The number of carbonyl (C=O) groups excluding carboxylic acids is 1. The second-order valence-corrected chi connectivity index (χ2v) is 6.20. The van der Waals surface area contributed by atoms with Gasteiger partial charge in [-0.2, -0.15) is 4.98 Å². The number of hydrogen-bond acceptors (Lipinski definition) is 9. The van der Waals surface area contributed by atoms with E-state index in [4.69, 9.17) is 25.7 Å². The van der Waals surface area contributed by atoms with Crippen LogP contribution < -0.4 is 31.0 Å². The van der Waals surface area contributed by atoms with Crippen molar-refractivity contribution < 1.29 is 19.0 Å². The van der Waals surface area contributed by atoms with Crippen molar-refractivity contribution in [3.63, 3.8) is 0 Å². The van der Waals surface area contributed by atoms with E-state index in [2.05, 4.69) is 15.3 Å². The largest absolute Gasteiger partial charge is 0.493 e. The van der Waals surface area contributed by atoms with Crippen molar-refractivity contribution in [2.75, 3.05) is 38.1 Å². The van der Waals surface area contributed by atoms with Gasteiger partial charge >= 0.3 is 0 Å². The fourth-order valence-corrected chi connectivity index (χ4v) is 3.36. The Hall–Kier alpha value is -3.27. The molecule has 1 amide bonds. The highest BCUT2D eigenvalue weighted by Gasteiger charge is 2.17. The van der Waals surface area contributed by atoms with Crippen LogP contribution in [0.3, 0.4) is 0 Å². The number of nitrogens with two attached hydrogens (primary N) is 2. The topological polar surface area (TPSA) is 135 Å². The van der Waals surface area contributed by atoms with Gasteiger partial charge in [0, 0.05) is 17.8 Å². The number of amides is 1. The predicted octanol–water partition coefficient (Wildman–Crippen LogP) is 2.13. The number of nitrogen functional groups attached to an aromatic ring is 2. The average molecular weight is 375 g/mol. The van der Waals surface area contributed by atoms with Gasteiger partial charge in [-0.15, -0.1) is 11.3 Å². The van der Waals surface area contributed by atoms with Gasteiger partial charge in [0.1, 0.15) is 10.6 Å². The number of benzene rings is 1. The number of thiophene rings is 1. The Kier molecular flexibility index (Phi) is 4.67. The Labute approximate surface area is 152 Å². The Bertz CT molecular complexity index is 963. The normalized spacial score (nSPS) is 10.6. The quantitative estimate of drug-likeness (QED) is 0.617. The molecule has 0 fully saturated rings. The molecule has 0 unspecified atom stereocenters. The van der Waals surface area contributed by atoms with E-state index in [-0.39, 0.29) is 17.7 Å². The Morgan fingerprint density at radius 3 is 2.27 bits per heavy atom. The van der Waals surface area contributed by atoms with Crippen LogP contribution in [-0.4, -0.2) is 37.2 Å². The highest BCUT2D eigenvalue weighted by atomic mass is 32.1. The Morgan fingerprint density at radius 1 is 1.04 bits per heavy atom. The van der Waals surface area contributed by atoms with Crippen LogP contribution in [0.1, 0.15) is 9.67 Å². The maximum absolute atomic E-state index is 12.6. The smallest absolute Gasteiger partial charge is 0.265 e. The van der Waals surface area contributed by atoms with Crippen molar-refractivity contribution in [1.82, 2.24) is 9.97 Å². The summed E-state index contributed by atoms with van der Waals surface area (Å²) in [5, 5.41) is 3.37. The van der Waals surface area contributed by atoms with Gasteiger partial charge < -0.3 is 31.0 Å². The Balaban J connectivity index is 1.94. The summed E-state index contributed by atoms with van der Waals surface area (Å²) in [4.78, 5) is 21.6. The van der Waals surface area contributed by atoms with E-state index in [1.165, 1.54) is 32.7 Å². The van der Waals surface area contributed by atoms with Gasteiger partial charge in [0.2, 0.25) is 11.7 Å². The van der Waals surface area contributed by atoms with Crippen molar-refractivity contribution in [2.24, 2.45) is 0 Å². The van der Waals surface area contributed by atoms with E-state index in [1.54, 1.807) is 18.2 Å². The van der Waals surface area contributed by atoms with E-state index >= 15 is 0 Å². The first-order valence-corrected chi connectivity index (χ1v) is 8.22. The molecule has 0 spiro atoms. The molecule has 2 aromatic heterocycles. The lowest BCUT2D eigenvalue weighted by Gasteiger charge is -2.14. The monoisotopic (exact) mass is 375 g/mol. The summed E-state index contributed by atoms with van der Waals surface area (Å²) in [6, 6.07) is 4.90. The summed E-state index contributed by atoms with van der Waals surface area (Å²) >= 11 is 1.17. The Morgan fingerprint density at radius 2 is 1.69 bits per heavy atom. The first kappa shape index (κ1) is 17.5. The van der Waals surface area contributed by atoms with Gasteiger partial charge in [-0.25, -0.2) is 4.98 Å². The summed E-state index contributed by atoms with van der Waals surface area (Å²) in [6.07, 6.45) is 0. The molecule has 1 aromatic carbocycles. The van der Waals surface area contributed by atoms with Crippen LogP contribution in [0.5, 0.6) is 17.2 Å². The van der Waals surface area contributed by atoms with Crippen LogP contribution in [0.25, 0.3) is 10.2 Å². The molecular weight excluding hydrogens is 358 g/mol. The average Bonchev–Trinajstić information content (AvgIpc) is 3.05. The third kappa shape index (κ3) is 3.14. The minimum Gasteiger partial charge on any atom is -0.493 e. The number of ether oxygens (including phenoxy) is 3. The fourth-order valence-electron chi connectivity index (χ4n) is 2.42. The molecule has 0 saturated carbocycles.